The Kier molecular flexibility index (Phi) is 3.51. The number of anilines is 1. The number of nitrogens with one attached hydrogen (secondary N) is 1. The Balaban J connectivity index is 2.30. The molecule has 1 aliphatic heterocycles. The van der Waals surface area contributed by atoms with Crippen LogP contribution in [0.3, 0.4) is 0 Å². The summed E-state index contributed by atoms with van der Waals surface area (Å²) in [5.41, 5.74) is -0.0449. The second kappa shape index (κ2) is 4.73. The number of nitrogens with zero attached hydrogens (tertiary/aromatic N) is 2. The van der Waals surface area contributed by atoms with E-state index in [1.165, 1.54) is 12.7 Å². The molecule has 1 aromatic heterocycles. The predicted octanol–water partition coefficient (Wildman–Crippen LogP) is 1.86. The van der Waals surface area contributed by atoms with Crippen LogP contribution in [0.1, 0.15) is 20.3 Å². The van der Waals surface area contributed by atoms with Crippen molar-refractivity contribution in [3.8, 4) is 0 Å². The van der Waals surface area contributed by atoms with E-state index < -0.39 is 0 Å². The summed E-state index contributed by atoms with van der Waals surface area (Å²) in [6.45, 7) is 6.50. The number of aromatic nitrogens is 2. The van der Waals surface area contributed by atoms with Crippen LogP contribution in [-0.4, -0.2) is 23.1 Å². The van der Waals surface area contributed by atoms with E-state index in [9.17, 15) is 4.79 Å². The lowest BCUT2D eigenvalue weighted by Crippen LogP contribution is -2.40. The number of halogens is 1. The average Bonchev–Trinajstić information content (AvgIpc) is 2.20. The normalized spacial score (nSPS) is 25.8. The van der Waals surface area contributed by atoms with Gasteiger partial charge in [-0.15, -0.1) is 0 Å². The van der Waals surface area contributed by atoms with Gasteiger partial charge in [-0.25, -0.2) is 4.98 Å². The maximum Gasteiger partial charge on any atom is 0.266 e. The second-order valence-electron chi connectivity index (χ2n) is 4.72. The van der Waals surface area contributed by atoms with Crippen molar-refractivity contribution < 1.29 is 0 Å². The van der Waals surface area contributed by atoms with Crippen molar-refractivity contribution in [2.45, 2.75) is 20.3 Å². The minimum absolute atomic E-state index is 0.0449. The Morgan fingerprint density at radius 2 is 2.06 bits per heavy atom. The molecule has 16 heavy (non-hydrogen) atoms. The molecule has 4 nitrogen and oxygen atoms in total. The third-order valence-corrected chi connectivity index (χ3v) is 3.92. The molecule has 0 bridgehead atoms. The molecule has 0 saturated carbocycles. The molecular weight excluding hydrogens is 317 g/mol. The van der Waals surface area contributed by atoms with Crippen LogP contribution in [-0.2, 0) is 0 Å². The van der Waals surface area contributed by atoms with E-state index in [0.29, 0.717) is 15.4 Å². The first-order valence-corrected chi connectivity index (χ1v) is 6.64. The van der Waals surface area contributed by atoms with Crippen molar-refractivity contribution in [1.29, 1.82) is 0 Å². The standard InChI is InChI=1S/C11H16IN3O/c1-7-3-8(2)5-15(4-7)10-9(12)11(16)14-6-13-10/h6-8H,3-5H2,1-2H3,(H,13,14,16). The monoisotopic (exact) mass is 333 g/mol. The molecule has 1 N–H and O–H groups in total. The van der Waals surface area contributed by atoms with Gasteiger partial charge < -0.3 is 9.88 Å². The van der Waals surface area contributed by atoms with Crippen LogP contribution in [0, 0.1) is 15.4 Å². The lowest BCUT2D eigenvalue weighted by atomic mass is 9.92. The molecule has 0 aliphatic carbocycles. The molecule has 2 rings (SSSR count). The van der Waals surface area contributed by atoms with Gasteiger partial charge in [0.25, 0.3) is 5.56 Å². The average molecular weight is 333 g/mol. The highest BCUT2D eigenvalue weighted by Crippen LogP contribution is 2.26. The summed E-state index contributed by atoms with van der Waals surface area (Å²) in [7, 11) is 0. The summed E-state index contributed by atoms with van der Waals surface area (Å²) in [6, 6.07) is 0. The highest BCUT2D eigenvalue weighted by Gasteiger charge is 2.24. The van der Waals surface area contributed by atoms with E-state index >= 15 is 0 Å². The summed E-state index contributed by atoms with van der Waals surface area (Å²) in [6.07, 6.45) is 2.75. The SMILES string of the molecule is CC1CC(C)CN(c2nc[nH]c(=O)c2I)C1. The molecule has 0 spiro atoms. The highest BCUT2D eigenvalue weighted by molar-refractivity contribution is 14.1. The van der Waals surface area contributed by atoms with Gasteiger partial charge in [0.05, 0.1) is 6.33 Å². The van der Waals surface area contributed by atoms with Gasteiger partial charge in [0, 0.05) is 13.1 Å². The predicted molar refractivity (Wildman–Crippen MR) is 72.7 cm³/mol. The smallest absolute Gasteiger partial charge is 0.266 e. The summed E-state index contributed by atoms with van der Waals surface area (Å²) in [4.78, 5) is 20.6. The van der Waals surface area contributed by atoms with Crippen molar-refractivity contribution in [2.24, 2.45) is 11.8 Å². The molecule has 1 aliphatic rings. The number of H-pyrrole nitrogens is 1. The molecule has 1 aromatic rings. The van der Waals surface area contributed by atoms with Gasteiger partial charge in [0.15, 0.2) is 0 Å². The first kappa shape index (κ1) is 11.9. The minimum atomic E-state index is -0.0449. The van der Waals surface area contributed by atoms with Crippen molar-refractivity contribution in [3.63, 3.8) is 0 Å². The Morgan fingerprint density at radius 3 is 2.69 bits per heavy atom. The third-order valence-electron chi connectivity index (χ3n) is 2.95. The third kappa shape index (κ3) is 2.39. The van der Waals surface area contributed by atoms with Gasteiger partial charge >= 0.3 is 0 Å². The molecule has 5 heteroatoms. The van der Waals surface area contributed by atoms with E-state index in [1.807, 2.05) is 0 Å². The zero-order valence-electron chi connectivity index (χ0n) is 9.53. The first-order valence-electron chi connectivity index (χ1n) is 5.56. The molecule has 0 amide bonds. The maximum atomic E-state index is 11.5. The molecule has 2 heterocycles. The zero-order chi connectivity index (χ0) is 11.7. The molecule has 88 valence electrons. The Labute approximate surface area is 109 Å². The quantitative estimate of drug-likeness (QED) is 0.798. The lowest BCUT2D eigenvalue weighted by molar-refractivity contribution is 0.355. The second-order valence-corrected chi connectivity index (χ2v) is 5.80. The van der Waals surface area contributed by atoms with Crippen LogP contribution in [0.25, 0.3) is 0 Å². The Hall–Kier alpha value is -0.590. The fraction of sp³-hybridized carbons (Fsp3) is 0.636. The van der Waals surface area contributed by atoms with Gasteiger partial charge in [0.2, 0.25) is 0 Å². The fourth-order valence-electron chi connectivity index (χ4n) is 2.43. The minimum Gasteiger partial charge on any atom is -0.355 e. The summed E-state index contributed by atoms with van der Waals surface area (Å²) in [5.74, 6) is 2.17. The number of aromatic amines is 1. The van der Waals surface area contributed by atoms with Crippen LogP contribution in [0.5, 0.6) is 0 Å². The van der Waals surface area contributed by atoms with Crippen LogP contribution in [0.4, 0.5) is 5.82 Å². The number of piperidine rings is 1. The summed E-state index contributed by atoms with van der Waals surface area (Å²) in [5, 5.41) is 0. The van der Waals surface area contributed by atoms with E-state index in [-0.39, 0.29) is 5.56 Å². The number of rotatable bonds is 1. The Morgan fingerprint density at radius 1 is 1.44 bits per heavy atom. The van der Waals surface area contributed by atoms with E-state index in [2.05, 4.69) is 51.3 Å². The molecule has 2 atom stereocenters. The van der Waals surface area contributed by atoms with Crippen molar-refractivity contribution >= 4 is 28.4 Å². The van der Waals surface area contributed by atoms with Gasteiger partial charge in [-0.1, -0.05) is 13.8 Å². The van der Waals surface area contributed by atoms with Gasteiger partial charge in [-0.3, -0.25) is 4.79 Å². The first-order chi connectivity index (χ1) is 7.58. The zero-order valence-corrected chi connectivity index (χ0v) is 11.7. The van der Waals surface area contributed by atoms with Crippen molar-refractivity contribution in [1.82, 2.24) is 9.97 Å². The van der Waals surface area contributed by atoms with Crippen LogP contribution >= 0.6 is 22.6 Å². The molecular formula is C11H16IN3O. The summed E-state index contributed by atoms with van der Waals surface area (Å²) < 4.78 is 0.696. The van der Waals surface area contributed by atoms with E-state index in [0.717, 1.165) is 18.9 Å². The van der Waals surface area contributed by atoms with Crippen molar-refractivity contribution in [3.05, 3.63) is 20.3 Å². The van der Waals surface area contributed by atoms with E-state index in [4.69, 9.17) is 0 Å². The van der Waals surface area contributed by atoms with Gasteiger partial charge in [0.1, 0.15) is 9.39 Å². The Bertz CT molecular complexity index is 421. The number of hydrogen-bond donors (Lipinski definition) is 1. The molecule has 1 saturated heterocycles. The molecule has 1 fully saturated rings. The molecule has 0 radical (unpaired) electrons. The highest BCUT2D eigenvalue weighted by atomic mass is 127. The molecule has 2 unspecified atom stereocenters. The van der Waals surface area contributed by atoms with Gasteiger partial charge in [-0.2, -0.15) is 0 Å². The van der Waals surface area contributed by atoms with E-state index in [1.54, 1.807) is 0 Å². The van der Waals surface area contributed by atoms with Crippen molar-refractivity contribution in [2.75, 3.05) is 18.0 Å². The van der Waals surface area contributed by atoms with Crippen LogP contribution < -0.4 is 10.5 Å². The van der Waals surface area contributed by atoms with Crippen LogP contribution in [0.2, 0.25) is 0 Å². The van der Waals surface area contributed by atoms with Gasteiger partial charge in [-0.05, 0) is 40.8 Å². The molecule has 0 aromatic carbocycles. The van der Waals surface area contributed by atoms with Crippen LogP contribution in [0.15, 0.2) is 11.1 Å². The largest absolute Gasteiger partial charge is 0.355 e. The maximum absolute atomic E-state index is 11.5. The number of hydrogen-bond acceptors (Lipinski definition) is 3. The lowest BCUT2D eigenvalue weighted by Gasteiger charge is -2.35. The summed E-state index contributed by atoms with van der Waals surface area (Å²) >= 11 is 2.07. The topological polar surface area (TPSA) is 49.0 Å². The fourth-order valence-corrected chi connectivity index (χ4v) is 3.07.